The maximum Gasteiger partial charge on any atom is 0.241 e. The summed E-state index contributed by atoms with van der Waals surface area (Å²) in [4.78, 5) is 14.4. The monoisotopic (exact) mass is 376 g/mol. The highest BCUT2D eigenvalue weighted by Gasteiger charge is 2.19. The number of likely N-dealkylation sites (N-methyl/N-ethyl adjacent to an activating group) is 1. The number of anilines is 1. The number of nitrogens with zero attached hydrogens (tertiary/aromatic N) is 1. The Labute approximate surface area is 159 Å². The SMILES string of the molecule is CCOc1ccc(CN(C)C(C)C(=O)Nc2cccc(Cl)c2)cc1OC. The van der Waals surface area contributed by atoms with Crippen molar-refractivity contribution in [1.82, 2.24) is 4.90 Å². The number of hydrogen-bond donors (Lipinski definition) is 1. The zero-order chi connectivity index (χ0) is 19.1. The molecule has 2 rings (SSSR count). The number of rotatable bonds is 8. The van der Waals surface area contributed by atoms with Crippen LogP contribution in [0.4, 0.5) is 5.69 Å². The lowest BCUT2D eigenvalue weighted by molar-refractivity contribution is -0.120. The van der Waals surface area contributed by atoms with Crippen LogP contribution in [0, 0.1) is 0 Å². The van der Waals surface area contributed by atoms with Crippen molar-refractivity contribution < 1.29 is 14.3 Å². The Bertz CT molecular complexity index is 752. The number of nitrogens with one attached hydrogen (secondary N) is 1. The second-order valence-electron chi connectivity index (χ2n) is 6.01. The normalized spacial score (nSPS) is 11.9. The van der Waals surface area contributed by atoms with Crippen molar-refractivity contribution in [3.8, 4) is 11.5 Å². The topological polar surface area (TPSA) is 50.8 Å². The summed E-state index contributed by atoms with van der Waals surface area (Å²) < 4.78 is 10.9. The minimum Gasteiger partial charge on any atom is -0.493 e. The summed E-state index contributed by atoms with van der Waals surface area (Å²) in [5, 5.41) is 3.48. The van der Waals surface area contributed by atoms with E-state index in [2.05, 4.69) is 5.32 Å². The number of carbonyl (C=O) groups excluding carboxylic acids is 1. The lowest BCUT2D eigenvalue weighted by atomic mass is 10.1. The molecule has 2 aromatic carbocycles. The lowest BCUT2D eigenvalue weighted by Crippen LogP contribution is -2.39. The van der Waals surface area contributed by atoms with Gasteiger partial charge in [-0.15, -0.1) is 0 Å². The van der Waals surface area contributed by atoms with E-state index in [-0.39, 0.29) is 11.9 Å². The van der Waals surface area contributed by atoms with Gasteiger partial charge in [0.2, 0.25) is 5.91 Å². The van der Waals surface area contributed by atoms with Crippen LogP contribution in [-0.4, -0.2) is 37.6 Å². The number of halogens is 1. The van der Waals surface area contributed by atoms with Gasteiger partial charge >= 0.3 is 0 Å². The molecule has 0 fully saturated rings. The highest BCUT2D eigenvalue weighted by atomic mass is 35.5. The standard InChI is InChI=1S/C20H25ClN2O3/c1-5-26-18-10-9-15(11-19(18)25-4)13-23(3)14(2)20(24)22-17-8-6-7-16(21)12-17/h6-12,14H,5,13H2,1-4H3,(H,22,24). The van der Waals surface area contributed by atoms with Crippen molar-refractivity contribution in [1.29, 1.82) is 0 Å². The molecule has 0 aliphatic carbocycles. The maximum atomic E-state index is 12.5. The van der Waals surface area contributed by atoms with Gasteiger partial charge in [-0.3, -0.25) is 9.69 Å². The van der Waals surface area contributed by atoms with Crippen molar-refractivity contribution in [3.63, 3.8) is 0 Å². The Morgan fingerprint density at radius 3 is 2.65 bits per heavy atom. The quantitative estimate of drug-likeness (QED) is 0.749. The first-order chi connectivity index (χ1) is 12.4. The summed E-state index contributed by atoms with van der Waals surface area (Å²) in [5.74, 6) is 1.31. The van der Waals surface area contributed by atoms with E-state index in [4.69, 9.17) is 21.1 Å². The highest BCUT2D eigenvalue weighted by Crippen LogP contribution is 2.28. The Kier molecular flexibility index (Phi) is 7.30. The molecule has 0 aliphatic rings. The summed E-state index contributed by atoms with van der Waals surface area (Å²) in [6.45, 7) is 4.98. The average molecular weight is 377 g/mol. The van der Waals surface area contributed by atoms with Gasteiger partial charge in [0.15, 0.2) is 11.5 Å². The van der Waals surface area contributed by atoms with Crippen LogP contribution >= 0.6 is 11.6 Å². The van der Waals surface area contributed by atoms with Crippen LogP contribution < -0.4 is 14.8 Å². The van der Waals surface area contributed by atoms with Gasteiger partial charge in [-0.2, -0.15) is 0 Å². The molecule has 0 bridgehead atoms. The average Bonchev–Trinajstić information content (AvgIpc) is 2.62. The maximum absolute atomic E-state index is 12.5. The largest absolute Gasteiger partial charge is 0.493 e. The molecule has 26 heavy (non-hydrogen) atoms. The zero-order valence-corrected chi connectivity index (χ0v) is 16.3. The molecule has 2 aromatic rings. The molecule has 1 N–H and O–H groups in total. The van der Waals surface area contributed by atoms with Gasteiger partial charge in [-0.05, 0) is 56.8 Å². The molecule has 140 valence electrons. The van der Waals surface area contributed by atoms with Crippen LogP contribution in [0.25, 0.3) is 0 Å². The van der Waals surface area contributed by atoms with E-state index < -0.39 is 0 Å². The fourth-order valence-electron chi connectivity index (χ4n) is 2.52. The van der Waals surface area contributed by atoms with Gasteiger partial charge in [0.05, 0.1) is 19.8 Å². The fourth-order valence-corrected chi connectivity index (χ4v) is 2.71. The van der Waals surface area contributed by atoms with Gasteiger partial charge in [0.1, 0.15) is 0 Å². The molecule has 0 radical (unpaired) electrons. The molecule has 0 heterocycles. The second kappa shape index (κ2) is 9.46. The summed E-state index contributed by atoms with van der Waals surface area (Å²) in [6, 6.07) is 12.6. The first-order valence-electron chi connectivity index (χ1n) is 8.51. The highest BCUT2D eigenvalue weighted by molar-refractivity contribution is 6.30. The molecule has 1 amide bonds. The molecule has 0 spiro atoms. The van der Waals surface area contributed by atoms with E-state index in [0.717, 1.165) is 5.56 Å². The number of benzene rings is 2. The molecule has 6 heteroatoms. The van der Waals surface area contributed by atoms with Crippen molar-refractivity contribution >= 4 is 23.2 Å². The van der Waals surface area contributed by atoms with Crippen LogP contribution in [0.3, 0.4) is 0 Å². The zero-order valence-electron chi connectivity index (χ0n) is 15.6. The van der Waals surface area contributed by atoms with E-state index in [9.17, 15) is 4.79 Å². The molecule has 0 saturated carbocycles. The molecular formula is C20H25ClN2O3. The van der Waals surface area contributed by atoms with Gasteiger partial charge in [-0.25, -0.2) is 0 Å². The third-order valence-corrected chi connectivity index (χ3v) is 4.33. The van der Waals surface area contributed by atoms with Crippen LogP contribution in [0.2, 0.25) is 5.02 Å². The number of ether oxygens (including phenoxy) is 2. The van der Waals surface area contributed by atoms with Crippen molar-refractivity contribution in [2.45, 2.75) is 26.4 Å². The molecule has 1 unspecified atom stereocenters. The van der Waals surface area contributed by atoms with Gasteiger partial charge in [0.25, 0.3) is 0 Å². The molecule has 1 atom stereocenters. The first kappa shape index (κ1) is 20.1. The van der Waals surface area contributed by atoms with Crippen LogP contribution in [0.5, 0.6) is 11.5 Å². The summed E-state index contributed by atoms with van der Waals surface area (Å²) in [7, 11) is 3.53. The Balaban J connectivity index is 2.01. The van der Waals surface area contributed by atoms with E-state index in [1.807, 2.05) is 50.1 Å². The van der Waals surface area contributed by atoms with Crippen molar-refractivity contribution in [2.75, 3.05) is 26.1 Å². The third kappa shape index (κ3) is 5.38. The number of hydrogen-bond acceptors (Lipinski definition) is 4. The predicted octanol–water partition coefficient (Wildman–Crippen LogP) is 4.21. The van der Waals surface area contributed by atoms with Crippen LogP contribution in [0.15, 0.2) is 42.5 Å². The van der Waals surface area contributed by atoms with Gasteiger partial charge in [0, 0.05) is 17.3 Å². The lowest BCUT2D eigenvalue weighted by Gasteiger charge is -2.24. The summed E-state index contributed by atoms with van der Waals surface area (Å²) in [6.07, 6.45) is 0. The van der Waals surface area contributed by atoms with Gasteiger partial charge < -0.3 is 14.8 Å². The van der Waals surface area contributed by atoms with E-state index in [1.54, 1.807) is 25.3 Å². The van der Waals surface area contributed by atoms with E-state index in [1.165, 1.54) is 0 Å². The first-order valence-corrected chi connectivity index (χ1v) is 8.88. The summed E-state index contributed by atoms with van der Waals surface area (Å²) in [5.41, 5.74) is 1.72. The van der Waals surface area contributed by atoms with Crippen molar-refractivity contribution in [2.24, 2.45) is 0 Å². The molecule has 0 saturated heterocycles. The molecule has 0 aliphatic heterocycles. The minimum absolute atomic E-state index is 0.0901. The smallest absolute Gasteiger partial charge is 0.241 e. The Morgan fingerprint density at radius 2 is 2.00 bits per heavy atom. The van der Waals surface area contributed by atoms with Crippen LogP contribution in [-0.2, 0) is 11.3 Å². The van der Waals surface area contributed by atoms with E-state index >= 15 is 0 Å². The fraction of sp³-hybridized carbons (Fsp3) is 0.350. The predicted molar refractivity (Wildman–Crippen MR) is 105 cm³/mol. The Hall–Kier alpha value is -2.24. The van der Waals surface area contributed by atoms with Crippen LogP contribution in [0.1, 0.15) is 19.4 Å². The second-order valence-corrected chi connectivity index (χ2v) is 6.45. The summed E-state index contributed by atoms with van der Waals surface area (Å²) >= 11 is 5.96. The van der Waals surface area contributed by atoms with E-state index in [0.29, 0.717) is 35.4 Å². The number of amides is 1. The number of methoxy groups -OCH3 is 1. The number of carbonyl (C=O) groups is 1. The molecule has 0 aromatic heterocycles. The van der Waals surface area contributed by atoms with Crippen molar-refractivity contribution in [3.05, 3.63) is 53.1 Å². The Morgan fingerprint density at radius 1 is 1.23 bits per heavy atom. The van der Waals surface area contributed by atoms with Gasteiger partial charge in [-0.1, -0.05) is 23.7 Å². The molecule has 5 nitrogen and oxygen atoms in total. The molecular weight excluding hydrogens is 352 g/mol. The minimum atomic E-state index is -0.313. The third-order valence-electron chi connectivity index (χ3n) is 4.09.